The number of hydrogen-bond donors (Lipinski definition) is 0. The molecular weight excluding hydrogens is 264 g/mol. The van der Waals surface area contributed by atoms with E-state index in [0.717, 1.165) is 42.1 Å². The summed E-state index contributed by atoms with van der Waals surface area (Å²) < 4.78 is 0. The van der Waals surface area contributed by atoms with Gasteiger partial charge in [0.05, 0.1) is 17.1 Å². The van der Waals surface area contributed by atoms with Crippen LogP contribution >= 0.6 is 11.8 Å². The zero-order valence-corrected chi connectivity index (χ0v) is 13.3. The summed E-state index contributed by atoms with van der Waals surface area (Å²) in [5.41, 5.74) is 5.73. The van der Waals surface area contributed by atoms with Crippen LogP contribution in [0.1, 0.15) is 33.1 Å². The monoisotopic (exact) mass is 286 g/mol. The molecule has 1 heterocycles. The van der Waals surface area contributed by atoms with Gasteiger partial charge in [-0.15, -0.1) is 11.8 Å². The Bertz CT molecular complexity index is 547. The lowest BCUT2D eigenvalue weighted by Gasteiger charge is -2.22. The Hall–Kier alpha value is -1.48. The van der Waals surface area contributed by atoms with Crippen LogP contribution in [-0.2, 0) is 0 Å². The van der Waals surface area contributed by atoms with Crippen molar-refractivity contribution in [1.82, 2.24) is 4.90 Å². The van der Waals surface area contributed by atoms with Crippen molar-refractivity contribution < 1.29 is 0 Å². The van der Waals surface area contributed by atoms with Crippen molar-refractivity contribution in [3.63, 3.8) is 0 Å². The second-order valence-electron chi connectivity index (χ2n) is 4.97. The highest BCUT2D eigenvalue weighted by atomic mass is 32.2. The van der Waals surface area contributed by atoms with Crippen molar-refractivity contribution >= 4 is 17.5 Å². The van der Waals surface area contributed by atoms with Crippen LogP contribution < -0.4 is 0 Å². The van der Waals surface area contributed by atoms with Gasteiger partial charge in [-0.3, -0.25) is 4.99 Å². The molecule has 1 aliphatic heterocycles. The quantitative estimate of drug-likeness (QED) is 0.678. The molecule has 0 aromatic carbocycles. The maximum Gasteiger partial charge on any atom is 0.0691 e. The Labute approximate surface area is 126 Å². The zero-order chi connectivity index (χ0) is 14.5. The second-order valence-corrected chi connectivity index (χ2v) is 5.75. The summed E-state index contributed by atoms with van der Waals surface area (Å²) in [6, 6.07) is 0. The number of rotatable bonds is 3. The van der Waals surface area contributed by atoms with Gasteiger partial charge in [0.2, 0.25) is 0 Å². The molecule has 1 aliphatic carbocycles. The van der Waals surface area contributed by atoms with E-state index < -0.39 is 0 Å². The lowest BCUT2D eigenvalue weighted by atomic mass is 10.0. The first-order valence-corrected chi connectivity index (χ1v) is 7.96. The smallest absolute Gasteiger partial charge is 0.0691 e. The van der Waals surface area contributed by atoms with Crippen molar-refractivity contribution in [3.05, 3.63) is 58.3 Å². The Morgan fingerprint density at radius 3 is 3.00 bits per heavy atom. The summed E-state index contributed by atoms with van der Waals surface area (Å²) in [4.78, 5) is 6.95. The minimum absolute atomic E-state index is 0.986. The van der Waals surface area contributed by atoms with Crippen molar-refractivity contribution in [2.75, 3.05) is 7.05 Å². The first kappa shape index (κ1) is 14.9. The van der Waals surface area contributed by atoms with Crippen LogP contribution in [0.2, 0.25) is 0 Å². The van der Waals surface area contributed by atoms with E-state index in [9.17, 15) is 0 Å². The number of thioether (sulfide) groups is 1. The molecule has 2 rings (SSSR count). The summed E-state index contributed by atoms with van der Waals surface area (Å²) in [7, 11) is 2.04. The van der Waals surface area contributed by atoms with E-state index in [4.69, 9.17) is 4.99 Å². The van der Waals surface area contributed by atoms with E-state index in [1.54, 1.807) is 11.8 Å². The molecule has 0 saturated carbocycles. The van der Waals surface area contributed by atoms with E-state index in [1.165, 1.54) is 5.57 Å². The van der Waals surface area contributed by atoms with Gasteiger partial charge in [0, 0.05) is 18.2 Å². The minimum Gasteiger partial charge on any atom is -0.343 e. The summed E-state index contributed by atoms with van der Waals surface area (Å²) in [5, 5.41) is 4.18. The molecule has 0 saturated heterocycles. The number of hydrogen-bond acceptors (Lipinski definition) is 3. The van der Waals surface area contributed by atoms with Crippen molar-refractivity contribution in [2.24, 2.45) is 4.99 Å². The lowest BCUT2D eigenvalue weighted by Crippen LogP contribution is -2.20. The topological polar surface area (TPSA) is 15.6 Å². The summed E-state index contributed by atoms with van der Waals surface area (Å²) in [6.45, 7) is 8.35. The fourth-order valence-corrected chi connectivity index (χ4v) is 3.08. The molecule has 0 atom stereocenters. The predicted octanol–water partition coefficient (Wildman–Crippen LogP) is 5.01. The van der Waals surface area contributed by atoms with Crippen LogP contribution in [0.15, 0.2) is 63.3 Å². The van der Waals surface area contributed by atoms with Crippen LogP contribution in [0.4, 0.5) is 0 Å². The highest BCUT2D eigenvalue weighted by Crippen LogP contribution is 2.26. The van der Waals surface area contributed by atoms with E-state index in [2.05, 4.69) is 48.3 Å². The van der Waals surface area contributed by atoms with E-state index >= 15 is 0 Å². The number of allylic oxidation sites excluding steroid dienone is 5. The van der Waals surface area contributed by atoms with Gasteiger partial charge >= 0.3 is 0 Å². The molecule has 2 nitrogen and oxygen atoms in total. The predicted molar refractivity (Wildman–Crippen MR) is 90.5 cm³/mol. The average molecular weight is 286 g/mol. The van der Waals surface area contributed by atoms with Gasteiger partial charge in [0.15, 0.2) is 0 Å². The molecule has 2 aliphatic rings. The molecule has 0 fully saturated rings. The van der Waals surface area contributed by atoms with Crippen molar-refractivity contribution in [3.8, 4) is 0 Å². The van der Waals surface area contributed by atoms with Gasteiger partial charge in [-0.25, -0.2) is 0 Å². The molecule has 0 radical (unpaired) electrons. The van der Waals surface area contributed by atoms with Crippen LogP contribution in [0.25, 0.3) is 0 Å². The Kier molecular flexibility index (Phi) is 5.07. The SMILES string of the molecule is C=C1C=CSC=C(C(C)=NC2=C(CC)CCC=C2)N1C. The van der Waals surface area contributed by atoms with E-state index in [-0.39, 0.29) is 0 Å². The molecular formula is C17H22N2S. The maximum atomic E-state index is 4.86. The van der Waals surface area contributed by atoms with Gasteiger partial charge in [-0.1, -0.05) is 19.6 Å². The van der Waals surface area contributed by atoms with Crippen LogP contribution in [0, 0.1) is 0 Å². The normalized spacial score (nSPS) is 20.4. The molecule has 106 valence electrons. The number of nitrogens with zero attached hydrogens (tertiary/aromatic N) is 2. The second kappa shape index (κ2) is 6.80. The van der Waals surface area contributed by atoms with Crippen molar-refractivity contribution in [1.29, 1.82) is 0 Å². The number of likely N-dealkylation sites (N-methyl/N-ethyl adjacent to an activating group) is 1. The van der Waals surface area contributed by atoms with E-state index in [1.807, 2.05) is 13.1 Å². The fourth-order valence-electron chi connectivity index (χ4n) is 2.31. The standard InChI is InChI=1S/C17H22N2S/c1-5-15-8-6-7-9-16(15)18-14(3)17-12-20-11-10-13(2)19(17)4/h7,9-12H,2,5-6,8H2,1,3-4H3. The van der Waals surface area contributed by atoms with Gasteiger partial charge in [0.25, 0.3) is 0 Å². The molecule has 0 bridgehead atoms. The third-order valence-electron chi connectivity index (χ3n) is 3.65. The van der Waals surface area contributed by atoms with Crippen LogP contribution in [0.5, 0.6) is 0 Å². The third-order valence-corrected chi connectivity index (χ3v) is 4.30. The molecule has 20 heavy (non-hydrogen) atoms. The minimum atomic E-state index is 0.986. The highest BCUT2D eigenvalue weighted by molar-refractivity contribution is 8.04. The van der Waals surface area contributed by atoms with Gasteiger partial charge in [-0.05, 0) is 49.3 Å². The first-order chi connectivity index (χ1) is 9.63. The van der Waals surface area contributed by atoms with Gasteiger partial charge < -0.3 is 4.90 Å². The summed E-state index contributed by atoms with van der Waals surface area (Å²) in [5.74, 6) is 0. The Morgan fingerprint density at radius 2 is 2.25 bits per heavy atom. The molecule has 0 aromatic heterocycles. The molecule has 0 amide bonds. The maximum absolute atomic E-state index is 4.86. The number of aliphatic imine (C=N–C) groups is 1. The van der Waals surface area contributed by atoms with E-state index in [0.29, 0.717) is 0 Å². The van der Waals surface area contributed by atoms with Crippen LogP contribution in [0.3, 0.4) is 0 Å². The first-order valence-electron chi connectivity index (χ1n) is 7.02. The Morgan fingerprint density at radius 1 is 1.45 bits per heavy atom. The lowest BCUT2D eigenvalue weighted by molar-refractivity contribution is 0.567. The summed E-state index contributed by atoms with van der Waals surface area (Å²) in [6.07, 6.45) is 9.75. The molecule has 0 aromatic rings. The molecule has 0 unspecified atom stereocenters. The van der Waals surface area contributed by atoms with Gasteiger partial charge in [-0.2, -0.15) is 0 Å². The molecule has 3 heteroatoms. The Balaban J connectivity index is 2.30. The van der Waals surface area contributed by atoms with Crippen LogP contribution in [-0.4, -0.2) is 17.7 Å². The fraction of sp³-hybridized carbons (Fsp3) is 0.353. The summed E-state index contributed by atoms with van der Waals surface area (Å²) >= 11 is 1.67. The van der Waals surface area contributed by atoms with Gasteiger partial charge in [0.1, 0.15) is 0 Å². The largest absolute Gasteiger partial charge is 0.343 e. The molecule has 0 spiro atoms. The average Bonchev–Trinajstić information content (AvgIpc) is 2.62. The zero-order valence-electron chi connectivity index (χ0n) is 12.5. The highest BCUT2D eigenvalue weighted by Gasteiger charge is 2.13. The third kappa shape index (κ3) is 3.34. The van der Waals surface area contributed by atoms with Crippen molar-refractivity contribution in [2.45, 2.75) is 33.1 Å². The molecule has 0 N–H and O–H groups in total.